The highest BCUT2D eigenvalue weighted by Crippen LogP contribution is 2.28. The lowest BCUT2D eigenvalue weighted by atomic mass is 9.85. The maximum absolute atomic E-state index is 5.65. The normalized spacial score (nSPS) is 15.2. The van der Waals surface area contributed by atoms with Crippen LogP contribution in [0.4, 0.5) is 5.95 Å². The zero-order valence-corrected chi connectivity index (χ0v) is 11.8. The average molecular weight is 264 g/mol. The zero-order valence-electron chi connectivity index (χ0n) is 11.0. The SMILES string of the molecule is CCN(CC1CCC1)c1nc(C)cc(C(N)=S)n1. The van der Waals surface area contributed by atoms with Gasteiger partial charge in [-0.05, 0) is 38.7 Å². The van der Waals surface area contributed by atoms with Crippen LogP contribution in [0.2, 0.25) is 0 Å². The molecule has 0 unspecified atom stereocenters. The molecule has 0 aromatic carbocycles. The number of rotatable bonds is 5. The summed E-state index contributed by atoms with van der Waals surface area (Å²) in [5.74, 6) is 1.55. The fraction of sp³-hybridized carbons (Fsp3) is 0.615. The molecule has 5 heteroatoms. The van der Waals surface area contributed by atoms with Gasteiger partial charge in [-0.2, -0.15) is 0 Å². The van der Waals surface area contributed by atoms with Gasteiger partial charge in [0.25, 0.3) is 0 Å². The lowest BCUT2D eigenvalue weighted by molar-refractivity contribution is 0.317. The van der Waals surface area contributed by atoms with Gasteiger partial charge in [0.2, 0.25) is 5.95 Å². The lowest BCUT2D eigenvalue weighted by Gasteiger charge is -2.32. The molecule has 0 radical (unpaired) electrons. The van der Waals surface area contributed by atoms with Crippen molar-refractivity contribution in [3.8, 4) is 0 Å². The summed E-state index contributed by atoms with van der Waals surface area (Å²) in [5.41, 5.74) is 7.23. The van der Waals surface area contributed by atoms with Gasteiger partial charge in [0, 0.05) is 18.8 Å². The fourth-order valence-electron chi connectivity index (χ4n) is 2.16. The Bertz CT molecular complexity index is 443. The Hall–Kier alpha value is -1.23. The van der Waals surface area contributed by atoms with E-state index in [1.165, 1.54) is 19.3 Å². The molecule has 18 heavy (non-hydrogen) atoms. The number of thiocarbonyl (C=S) groups is 1. The molecular formula is C13H20N4S. The topological polar surface area (TPSA) is 55.0 Å². The third kappa shape index (κ3) is 2.96. The van der Waals surface area contributed by atoms with Crippen molar-refractivity contribution in [3.05, 3.63) is 17.5 Å². The number of nitrogens with zero attached hydrogens (tertiary/aromatic N) is 3. The summed E-state index contributed by atoms with van der Waals surface area (Å²) < 4.78 is 0. The van der Waals surface area contributed by atoms with E-state index >= 15 is 0 Å². The van der Waals surface area contributed by atoms with Crippen molar-refractivity contribution in [2.45, 2.75) is 33.1 Å². The van der Waals surface area contributed by atoms with Crippen LogP contribution < -0.4 is 10.6 Å². The molecule has 98 valence electrons. The summed E-state index contributed by atoms with van der Waals surface area (Å²) in [4.78, 5) is 11.5. The van der Waals surface area contributed by atoms with Gasteiger partial charge in [-0.15, -0.1) is 0 Å². The predicted molar refractivity (Wildman–Crippen MR) is 77.9 cm³/mol. The van der Waals surface area contributed by atoms with Gasteiger partial charge < -0.3 is 10.6 Å². The van der Waals surface area contributed by atoms with Gasteiger partial charge in [-0.3, -0.25) is 0 Å². The minimum Gasteiger partial charge on any atom is -0.388 e. The molecule has 2 rings (SSSR count). The summed E-state index contributed by atoms with van der Waals surface area (Å²) in [5, 5.41) is 0. The molecule has 1 aromatic heterocycles. The van der Waals surface area contributed by atoms with E-state index in [2.05, 4.69) is 21.8 Å². The molecule has 0 bridgehead atoms. The first kappa shape index (κ1) is 13.2. The molecule has 0 atom stereocenters. The maximum Gasteiger partial charge on any atom is 0.226 e. The van der Waals surface area contributed by atoms with E-state index in [1.807, 2.05) is 13.0 Å². The number of aryl methyl sites for hydroxylation is 1. The molecule has 4 nitrogen and oxygen atoms in total. The molecular weight excluding hydrogens is 244 g/mol. The highest BCUT2D eigenvalue weighted by molar-refractivity contribution is 7.80. The Kier molecular flexibility index (Phi) is 4.11. The molecule has 1 heterocycles. The quantitative estimate of drug-likeness (QED) is 0.825. The van der Waals surface area contributed by atoms with Crippen LogP contribution >= 0.6 is 12.2 Å². The van der Waals surface area contributed by atoms with E-state index in [0.717, 1.165) is 30.6 Å². The summed E-state index contributed by atoms with van der Waals surface area (Å²) in [7, 11) is 0. The smallest absolute Gasteiger partial charge is 0.226 e. The number of nitrogens with two attached hydrogens (primary N) is 1. The van der Waals surface area contributed by atoms with Crippen LogP contribution in [0.1, 0.15) is 37.6 Å². The van der Waals surface area contributed by atoms with E-state index < -0.39 is 0 Å². The molecule has 0 amide bonds. The van der Waals surface area contributed by atoms with Crippen LogP contribution in [0, 0.1) is 12.8 Å². The second-order valence-corrected chi connectivity index (χ2v) is 5.33. The minimum atomic E-state index is 0.335. The zero-order chi connectivity index (χ0) is 13.1. The summed E-state index contributed by atoms with van der Waals surface area (Å²) in [6.45, 7) is 6.03. The standard InChI is InChI=1S/C13H20N4S/c1-3-17(8-10-5-4-6-10)13-15-9(2)7-11(16-13)12(14)18/h7,10H,3-6,8H2,1-2H3,(H2,14,18). The van der Waals surface area contributed by atoms with Gasteiger partial charge in [0.15, 0.2) is 0 Å². The number of aromatic nitrogens is 2. The van der Waals surface area contributed by atoms with Gasteiger partial charge in [-0.25, -0.2) is 9.97 Å². The Morgan fingerprint density at radius 3 is 2.72 bits per heavy atom. The third-order valence-corrected chi connectivity index (χ3v) is 3.67. The molecule has 2 N–H and O–H groups in total. The predicted octanol–water partition coefficient (Wildman–Crippen LogP) is 2.05. The van der Waals surface area contributed by atoms with Gasteiger partial charge in [0.1, 0.15) is 10.7 Å². The Balaban J connectivity index is 2.20. The second kappa shape index (κ2) is 5.61. The van der Waals surface area contributed by atoms with E-state index in [-0.39, 0.29) is 0 Å². The summed E-state index contributed by atoms with van der Waals surface area (Å²) >= 11 is 4.99. The first-order valence-electron chi connectivity index (χ1n) is 6.50. The van der Waals surface area contributed by atoms with Crippen LogP contribution in [0.3, 0.4) is 0 Å². The lowest BCUT2D eigenvalue weighted by Crippen LogP contribution is -2.34. The van der Waals surface area contributed by atoms with E-state index in [9.17, 15) is 0 Å². The average Bonchev–Trinajstić information content (AvgIpc) is 2.27. The first-order valence-corrected chi connectivity index (χ1v) is 6.91. The van der Waals surface area contributed by atoms with E-state index in [4.69, 9.17) is 18.0 Å². The molecule has 0 spiro atoms. The van der Waals surface area contributed by atoms with E-state index in [1.54, 1.807) is 0 Å². The first-order chi connectivity index (χ1) is 8.60. The van der Waals surface area contributed by atoms with Crippen molar-refractivity contribution in [1.82, 2.24) is 9.97 Å². The van der Waals surface area contributed by atoms with Crippen LogP contribution in [-0.4, -0.2) is 28.0 Å². The van der Waals surface area contributed by atoms with Crippen LogP contribution in [-0.2, 0) is 0 Å². The Labute approximate surface area is 114 Å². The monoisotopic (exact) mass is 264 g/mol. The minimum absolute atomic E-state index is 0.335. The Morgan fingerprint density at radius 1 is 1.50 bits per heavy atom. The molecule has 1 aliphatic carbocycles. The van der Waals surface area contributed by atoms with Crippen LogP contribution in [0.5, 0.6) is 0 Å². The largest absolute Gasteiger partial charge is 0.388 e. The molecule has 1 aromatic rings. The van der Waals surface area contributed by atoms with Gasteiger partial charge in [-0.1, -0.05) is 18.6 Å². The Morgan fingerprint density at radius 2 is 2.22 bits per heavy atom. The van der Waals surface area contributed by atoms with Crippen LogP contribution in [0.15, 0.2) is 6.07 Å². The maximum atomic E-state index is 5.65. The fourth-order valence-corrected chi connectivity index (χ4v) is 2.26. The molecule has 0 aliphatic heterocycles. The van der Waals surface area contributed by atoms with E-state index in [0.29, 0.717) is 10.7 Å². The van der Waals surface area contributed by atoms with Crippen LogP contribution in [0.25, 0.3) is 0 Å². The summed E-state index contributed by atoms with van der Waals surface area (Å²) in [6, 6.07) is 1.84. The van der Waals surface area contributed by atoms with Crippen molar-refractivity contribution in [2.24, 2.45) is 11.7 Å². The molecule has 1 aliphatic rings. The van der Waals surface area contributed by atoms with Crippen molar-refractivity contribution >= 4 is 23.2 Å². The third-order valence-electron chi connectivity index (χ3n) is 3.46. The highest BCUT2D eigenvalue weighted by atomic mass is 32.1. The molecule has 1 saturated carbocycles. The molecule has 0 saturated heterocycles. The van der Waals surface area contributed by atoms with Gasteiger partial charge in [0.05, 0.1) is 0 Å². The number of hydrogen-bond donors (Lipinski definition) is 1. The van der Waals surface area contributed by atoms with Crippen molar-refractivity contribution in [1.29, 1.82) is 0 Å². The van der Waals surface area contributed by atoms with Crippen molar-refractivity contribution in [2.75, 3.05) is 18.0 Å². The number of hydrogen-bond acceptors (Lipinski definition) is 4. The molecule has 1 fully saturated rings. The highest BCUT2D eigenvalue weighted by Gasteiger charge is 2.21. The van der Waals surface area contributed by atoms with Gasteiger partial charge >= 0.3 is 0 Å². The van der Waals surface area contributed by atoms with Crippen molar-refractivity contribution in [3.63, 3.8) is 0 Å². The number of anilines is 1. The summed E-state index contributed by atoms with van der Waals surface area (Å²) in [6.07, 6.45) is 4.00. The van der Waals surface area contributed by atoms with Crippen molar-refractivity contribution < 1.29 is 0 Å². The second-order valence-electron chi connectivity index (χ2n) is 4.89.